The van der Waals surface area contributed by atoms with E-state index in [1.807, 2.05) is 6.08 Å². The van der Waals surface area contributed by atoms with E-state index >= 15 is 0 Å². The maximum absolute atomic E-state index is 3.77. The molecule has 0 unspecified atom stereocenters. The zero-order chi connectivity index (χ0) is 8.81. The summed E-state index contributed by atoms with van der Waals surface area (Å²) < 4.78 is 2.25. The van der Waals surface area contributed by atoms with Gasteiger partial charge in [-0.3, -0.25) is 0 Å². The first-order valence-corrected chi connectivity index (χ1v) is 4.66. The molecule has 0 saturated heterocycles. The zero-order valence-electron chi connectivity index (χ0n) is 7.79. The molecule has 0 fully saturated rings. The second-order valence-corrected chi connectivity index (χ2v) is 3.04. The highest BCUT2D eigenvalue weighted by Crippen LogP contribution is 2.06. The largest absolute Gasteiger partial charge is 0.348 e. The second kappa shape index (κ2) is 4.81. The van der Waals surface area contributed by atoms with Crippen molar-refractivity contribution in [2.75, 3.05) is 0 Å². The van der Waals surface area contributed by atoms with Gasteiger partial charge < -0.3 is 4.57 Å². The standard InChI is InChI=1S/C11H17N/c1-3-5-6-9-12-10-7-8-11(12)4-2/h4,7-8,10H,2-3,5-6,9H2,1H3. The van der Waals surface area contributed by atoms with Crippen molar-refractivity contribution in [2.45, 2.75) is 32.7 Å². The first-order chi connectivity index (χ1) is 5.88. The highest BCUT2D eigenvalue weighted by molar-refractivity contribution is 5.42. The van der Waals surface area contributed by atoms with Gasteiger partial charge in [-0.05, 0) is 24.6 Å². The van der Waals surface area contributed by atoms with Crippen LogP contribution in [0.2, 0.25) is 0 Å². The third-order valence-electron chi connectivity index (χ3n) is 2.08. The fourth-order valence-corrected chi connectivity index (χ4v) is 1.35. The summed E-state index contributed by atoms with van der Waals surface area (Å²) in [5, 5.41) is 0. The van der Waals surface area contributed by atoms with E-state index in [2.05, 4.69) is 36.4 Å². The van der Waals surface area contributed by atoms with Gasteiger partial charge in [0.05, 0.1) is 0 Å². The molecule has 1 nitrogen and oxygen atoms in total. The van der Waals surface area contributed by atoms with E-state index < -0.39 is 0 Å². The average Bonchev–Trinajstić information content (AvgIpc) is 2.52. The van der Waals surface area contributed by atoms with Gasteiger partial charge in [-0.1, -0.05) is 26.3 Å². The molecule has 1 aromatic rings. The molecule has 1 aromatic heterocycles. The van der Waals surface area contributed by atoms with Crippen LogP contribution in [0.25, 0.3) is 6.08 Å². The van der Waals surface area contributed by atoms with Gasteiger partial charge in [0.1, 0.15) is 0 Å². The lowest BCUT2D eigenvalue weighted by Gasteiger charge is -2.04. The smallest absolute Gasteiger partial charge is 0.0400 e. The molecule has 0 aromatic carbocycles. The van der Waals surface area contributed by atoms with Gasteiger partial charge in [-0.25, -0.2) is 0 Å². The summed E-state index contributed by atoms with van der Waals surface area (Å²) in [6.07, 6.45) is 7.89. The Morgan fingerprint density at radius 1 is 1.50 bits per heavy atom. The summed E-state index contributed by atoms with van der Waals surface area (Å²) in [5.74, 6) is 0. The van der Waals surface area contributed by atoms with Crippen LogP contribution in [0.1, 0.15) is 31.9 Å². The van der Waals surface area contributed by atoms with Gasteiger partial charge in [0.25, 0.3) is 0 Å². The van der Waals surface area contributed by atoms with E-state index in [1.54, 1.807) is 0 Å². The number of hydrogen-bond acceptors (Lipinski definition) is 0. The Hall–Kier alpha value is -0.980. The van der Waals surface area contributed by atoms with Crippen molar-refractivity contribution in [3.05, 3.63) is 30.6 Å². The van der Waals surface area contributed by atoms with Gasteiger partial charge in [0, 0.05) is 18.4 Å². The van der Waals surface area contributed by atoms with Crippen LogP contribution in [0.4, 0.5) is 0 Å². The van der Waals surface area contributed by atoms with Crippen LogP contribution in [0.15, 0.2) is 24.9 Å². The maximum atomic E-state index is 3.77. The maximum Gasteiger partial charge on any atom is 0.0400 e. The molecule has 0 N–H and O–H groups in total. The van der Waals surface area contributed by atoms with E-state index in [-0.39, 0.29) is 0 Å². The quantitative estimate of drug-likeness (QED) is 0.587. The SMILES string of the molecule is C=Cc1cccn1CCCCC. The summed E-state index contributed by atoms with van der Waals surface area (Å²) in [5.41, 5.74) is 1.23. The molecule has 0 spiro atoms. The highest BCUT2D eigenvalue weighted by atomic mass is 15.0. The third-order valence-corrected chi connectivity index (χ3v) is 2.08. The lowest BCUT2D eigenvalue weighted by molar-refractivity contribution is 0.602. The first-order valence-electron chi connectivity index (χ1n) is 4.66. The molecule has 0 saturated carbocycles. The number of unbranched alkanes of at least 4 members (excludes halogenated alkanes) is 2. The molecule has 0 bridgehead atoms. The minimum Gasteiger partial charge on any atom is -0.348 e. The third kappa shape index (κ3) is 2.26. The Morgan fingerprint density at radius 2 is 2.33 bits per heavy atom. The van der Waals surface area contributed by atoms with E-state index in [9.17, 15) is 0 Å². The molecular weight excluding hydrogens is 146 g/mol. The predicted octanol–water partition coefficient (Wildman–Crippen LogP) is 3.32. The molecule has 0 aliphatic rings. The van der Waals surface area contributed by atoms with Crippen molar-refractivity contribution in [3.63, 3.8) is 0 Å². The molecular formula is C11H17N. The van der Waals surface area contributed by atoms with Crippen molar-refractivity contribution in [2.24, 2.45) is 0 Å². The van der Waals surface area contributed by atoms with Crippen molar-refractivity contribution in [3.8, 4) is 0 Å². The topological polar surface area (TPSA) is 4.93 Å². The van der Waals surface area contributed by atoms with Gasteiger partial charge in [0.15, 0.2) is 0 Å². The fourth-order valence-electron chi connectivity index (χ4n) is 1.35. The van der Waals surface area contributed by atoms with Crippen molar-refractivity contribution in [1.82, 2.24) is 4.57 Å². The number of aromatic nitrogens is 1. The molecule has 0 radical (unpaired) electrons. The number of rotatable bonds is 5. The molecule has 0 amide bonds. The fraction of sp³-hybridized carbons (Fsp3) is 0.455. The molecule has 1 heterocycles. The predicted molar refractivity (Wildman–Crippen MR) is 54.0 cm³/mol. The van der Waals surface area contributed by atoms with E-state index in [1.165, 1.54) is 25.0 Å². The molecule has 0 atom stereocenters. The minimum atomic E-state index is 1.13. The van der Waals surface area contributed by atoms with Crippen molar-refractivity contribution in [1.29, 1.82) is 0 Å². The summed E-state index contributed by atoms with van der Waals surface area (Å²) >= 11 is 0. The Morgan fingerprint density at radius 3 is 3.00 bits per heavy atom. The number of hydrogen-bond donors (Lipinski definition) is 0. The summed E-state index contributed by atoms with van der Waals surface area (Å²) in [7, 11) is 0. The molecule has 1 rings (SSSR count). The second-order valence-electron chi connectivity index (χ2n) is 3.04. The Kier molecular flexibility index (Phi) is 3.65. The van der Waals surface area contributed by atoms with Crippen LogP contribution < -0.4 is 0 Å². The summed E-state index contributed by atoms with van der Waals surface area (Å²) in [6, 6.07) is 4.17. The Balaban J connectivity index is 2.45. The number of nitrogens with zero attached hydrogens (tertiary/aromatic N) is 1. The lowest BCUT2D eigenvalue weighted by Crippen LogP contribution is -1.97. The van der Waals surface area contributed by atoms with Crippen LogP contribution in [0, 0.1) is 0 Å². The van der Waals surface area contributed by atoms with E-state index in [4.69, 9.17) is 0 Å². The highest BCUT2D eigenvalue weighted by Gasteiger charge is 1.94. The van der Waals surface area contributed by atoms with Crippen molar-refractivity contribution < 1.29 is 0 Å². The Bertz CT molecular complexity index is 235. The molecule has 0 aliphatic carbocycles. The van der Waals surface area contributed by atoms with Gasteiger partial charge in [-0.15, -0.1) is 0 Å². The molecule has 12 heavy (non-hydrogen) atoms. The zero-order valence-corrected chi connectivity index (χ0v) is 7.79. The summed E-state index contributed by atoms with van der Waals surface area (Å²) in [6.45, 7) is 7.12. The Labute approximate surface area is 74.7 Å². The van der Waals surface area contributed by atoms with E-state index in [0.717, 1.165) is 6.54 Å². The molecule has 0 aliphatic heterocycles. The van der Waals surface area contributed by atoms with Crippen LogP contribution in [-0.4, -0.2) is 4.57 Å². The average molecular weight is 163 g/mol. The minimum absolute atomic E-state index is 1.13. The van der Waals surface area contributed by atoms with Gasteiger partial charge in [0.2, 0.25) is 0 Å². The monoisotopic (exact) mass is 163 g/mol. The van der Waals surface area contributed by atoms with E-state index in [0.29, 0.717) is 0 Å². The van der Waals surface area contributed by atoms with Crippen LogP contribution in [-0.2, 0) is 6.54 Å². The van der Waals surface area contributed by atoms with Crippen LogP contribution in [0.5, 0.6) is 0 Å². The van der Waals surface area contributed by atoms with Gasteiger partial charge >= 0.3 is 0 Å². The molecule has 1 heteroatoms. The normalized spacial score (nSPS) is 10.1. The summed E-state index contributed by atoms with van der Waals surface area (Å²) in [4.78, 5) is 0. The van der Waals surface area contributed by atoms with Gasteiger partial charge in [-0.2, -0.15) is 0 Å². The molecule has 66 valence electrons. The van der Waals surface area contributed by atoms with Crippen LogP contribution >= 0.6 is 0 Å². The first kappa shape index (κ1) is 9.11. The van der Waals surface area contributed by atoms with Crippen molar-refractivity contribution >= 4 is 6.08 Å². The number of aryl methyl sites for hydroxylation is 1. The van der Waals surface area contributed by atoms with Crippen LogP contribution in [0.3, 0.4) is 0 Å². The lowest BCUT2D eigenvalue weighted by atomic mass is 10.2.